The zero-order valence-corrected chi connectivity index (χ0v) is 19.0. The molecule has 0 N–H and O–H groups in total. The standard InChI is InChI=1S/C22H25F5N6O/c1-4-31-12-16(11-28-31)13-32-15(3)29-33(20(32)34)19-10-17(9-18(14(19)2)22(25,26)27)30-7-5-21(23,24)6-8-30/h9-12H,4-8,13H2,1-3H3. The van der Waals surface area contributed by atoms with Crippen LogP contribution >= 0.6 is 0 Å². The van der Waals surface area contributed by atoms with Gasteiger partial charge in [-0.05, 0) is 38.5 Å². The molecule has 12 heteroatoms. The predicted molar refractivity (Wildman–Crippen MR) is 116 cm³/mol. The minimum atomic E-state index is -4.69. The van der Waals surface area contributed by atoms with Crippen molar-refractivity contribution in [1.82, 2.24) is 24.1 Å². The van der Waals surface area contributed by atoms with Crippen LogP contribution in [0.5, 0.6) is 0 Å². The highest BCUT2D eigenvalue weighted by molar-refractivity contribution is 5.60. The van der Waals surface area contributed by atoms with Crippen molar-refractivity contribution in [2.24, 2.45) is 0 Å². The van der Waals surface area contributed by atoms with Crippen molar-refractivity contribution >= 4 is 5.69 Å². The third-order valence-corrected chi connectivity index (χ3v) is 6.16. The van der Waals surface area contributed by atoms with E-state index in [-0.39, 0.29) is 36.6 Å². The number of nitrogens with zero attached hydrogens (tertiary/aromatic N) is 6. The van der Waals surface area contributed by atoms with Crippen molar-refractivity contribution in [1.29, 1.82) is 0 Å². The molecule has 0 radical (unpaired) electrons. The lowest BCUT2D eigenvalue weighted by Crippen LogP contribution is -2.39. The van der Waals surface area contributed by atoms with E-state index < -0.39 is 36.2 Å². The Balaban J connectivity index is 1.78. The molecule has 0 atom stereocenters. The van der Waals surface area contributed by atoms with Gasteiger partial charge in [0.05, 0.1) is 24.0 Å². The van der Waals surface area contributed by atoms with E-state index in [4.69, 9.17) is 0 Å². The molecular weight excluding hydrogens is 459 g/mol. The van der Waals surface area contributed by atoms with E-state index in [2.05, 4.69) is 10.2 Å². The van der Waals surface area contributed by atoms with Crippen LogP contribution in [-0.2, 0) is 19.3 Å². The van der Waals surface area contributed by atoms with Crippen molar-refractivity contribution in [2.45, 2.75) is 58.8 Å². The zero-order valence-electron chi connectivity index (χ0n) is 19.0. The Morgan fingerprint density at radius 1 is 1.12 bits per heavy atom. The maximum Gasteiger partial charge on any atom is 0.416 e. The monoisotopic (exact) mass is 484 g/mol. The molecule has 1 aromatic carbocycles. The fourth-order valence-electron chi connectivity index (χ4n) is 4.15. The number of hydrogen-bond acceptors (Lipinski definition) is 4. The summed E-state index contributed by atoms with van der Waals surface area (Å²) in [7, 11) is 0. The average molecular weight is 484 g/mol. The number of rotatable bonds is 5. The highest BCUT2D eigenvalue weighted by atomic mass is 19.4. The van der Waals surface area contributed by atoms with Crippen LogP contribution in [0.3, 0.4) is 0 Å². The molecular formula is C22H25F5N6O. The number of aryl methyl sites for hydroxylation is 2. The minimum absolute atomic E-state index is 0.0294. The van der Waals surface area contributed by atoms with Gasteiger partial charge in [-0.15, -0.1) is 0 Å². The molecule has 2 aromatic heterocycles. The highest BCUT2D eigenvalue weighted by Gasteiger charge is 2.37. The molecule has 34 heavy (non-hydrogen) atoms. The van der Waals surface area contributed by atoms with E-state index in [0.29, 0.717) is 12.4 Å². The second-order valence-electron chi connectivity index (χ2n) is 8.51. The van der Waals surface area contributed by atoms with Crippen LogP contribution in [0.1, 0.15) is 42.3 Å². The second kappa shape index (κ2) is 8.55. The number of hydrogen-bond donors (Lipinski definition) is 0. The first kappa shape index (κ1) is 24.0. The molecule has 1 aliphatic rings. The Kier molecular flexibility index (Phi) is 6.03. The normalized spacial score (nSPS) is 16.3. The molecule has 0 spiro atoms. The van der Waals surface area contributed by atoms with E-state index in [9.17, 15) is 26.7 Å². The fraction of sp³-hybridized carbons (Fsp3) is 0.500. The molecule has 0 bridgehead atoms. The largest absolute Gasteiger partial charge is 0.416 e. The van der Waals surface area contributed by atoms with Crippen LogP contribution in [0, 0.1) is 13.8 Å². The molecule has 0 saturated carbocycles. The van der Waals surface area contributed by atoms with Crippen molar-refractivity contribution in [3.05, 3.63) is 57.5 Å². The molecule has 1 aliphatic heterocycles. The summed E-state index contributed by atoms with van der Waals surface area (Å²) < 4.78 is 72.8. The SMILES string of the molecule is CCn1cc(Cn2c(C)nn(-c3cc(N4CCC(F)(F)CC4)cc(C(F)(F)F)c3C)c2=O)cn1. The molecule has 184 valence electrons. The van der Waals surface area contributed by atoms with Gasteiger partial charge < -0.3 is 4.90 Å². The summed E-state index contributed by atoms with van der Waals surface area (Å²) in [5.41, 5.74) is -0.836. The summed E-state index contributed by atoms with van der Waals surface area (Å²) in [6.45, 7) is 5.44. The molecule has 0 amide bonds. The molecule has 3 aromatic rings. The van der Waals surface area contributed by atoms with Gasteiger partial charge >= 0.3 is 11.9 Å². The Morgan fingerprint density at radius 2 is 1.79 bits per heavy atom. The maximum absolute atomic E-state index is 13.9. The van der Waals surface area contributed by atoms with E-state index in [1.54, 1.807) is 24.0 Å². The van der Waals surface area contributed by atoms with E-state index in [0.717, 1.165) is 16.3 Å². The Hall–Kier alpha value is -3.18. The smallest absolute Gasteiger partial charge is 0.371 e. The average Bonchev–Trinajstić information content (AvgIpc) is 3.33. The van der Waals surface area contributed by atoms with Gasteiger partial charge in [-0.25, -0.2) is 13.6 Å². The zero-order chi connectivity index (χ0) is 24.8. The number of halogens is 5. The third-order valence-electron chi connectivity index (χ3n) is 6.16. The summed E-state index contributed by atoms with van der Waals surface area (Å²) in [6.07, 6.45) is -2.19. The summed E-state index contributed by atoms with van der Waals surface area (Å²) in [5.74, 6) is -2.51. The van der Waals surface area contributed by atoms with Crippen molar-refractivity contribution in [3.8, 4) is 5.69 Å². The van der Waals surface area contributed by atoms with E-state index in [1.807, 2.05) is 6.92 Å². The lowest BCUT2D eigenvalue weighted by atomic mass is 10.0. The first-order chi connectivity index (χ1) is 15.9. The first-order valence-corrected chi connectivity index (χ1v) is 10.9. The number of piperidine rings is 1. The number of anilines is 1. The third kappa shape index (κ3) is 4.58. The topological polar surface area (TPSA) is 60.9 Å². The highest BCUT2D eigenvalue weighted by Crippen LogP contribution is 2.38. The molecule has 1 fully saturated rings. The van der Waals surface area contributed by atoms with Crippen molar-refractivity contribution in [2.75, 3.05) is 18.0 Å². The van der Waals surface area contributed by atoms with E-state index >= 15 is 0 Å². The molecule has 4 rings (SSSR count). The second-order valence-corrected chi connectivity index (χ2v) is 8.51. The van der Waals surface area contributed by atoms with Gasteiger partial charge in [-0.1, -0.05) is 0 Å². The van der Waals surface area contributed by atoms with Crippen molar-refractivity contribution in [3.63, 3.8) is 0 Å². The summed E-state index contributed by atoms with van der Waals surface area (Å²) >= 11 is 0. The molecule has 1 saturated heterocycles. The Bertz CT molecular complexity index is 1250. The molecule has 7 nitrogen and oxygen atoms in total. The Labute approximate surface area is 192 Å². The molecule has 3 heterocycles. The minimum Gasteiger partial charge on any atom is -0.371 e. The van der Waals surface area contributed by atoms with Crippen LogP contribution in [0.15, 0.2) is 29.3 Å². The Morgan fingerprint density at radius 3 is 2.38 bits per heavy atom. The van der Waals surface area contributed by atoms with Gasteiger partial charge in [0.15, 0.2) is 0 Å². The lowest BCUT2D eigenvalue weighted by Gasteiger charge is -2.34. The number of aromatic nitrogens is 5. The number of alkyl halides is 5. The molecule has 0 aliphatic carbocycles. The summed E-state index contributed by atoms with van der Waals surface area (Å²) in [4.78, 5) is 14.7. The van der Waals surface area contributed by atoms with E-state index in [1.165, 1.54) is 22.5 Å². The fourth-order valence-corrected chi connectivity index (χ4v) is 4.15. The quantitative estimate of drug-likeness (QED) is 0.510. The van der Waals surface area contributed by atoms with Gasteiger partial charge in [0.2, 0.25) is 0 Å². The van der Waals surface area contributed by atoms with Gasteiger partial charge in [0.25, 0.3) is 5.92 Å². The van der Waals surface area contributed by atoms with Gasteiger partial charge in [0, 0.05) is 49.9 Å². The van der Waals surface area contributed by atoms with Gasteiger partial charge in [0.1, 0.15) is 5.82 Å². The van der Waals surface area contributed by atoms with Crippen LogP contribution in [0.25, 0.3) is 5.69 Å². The van der Waals surface area contributed by atoms with Crippen LogP contribution in [0.4, 0.5) is 27.6 Å². The first-order valence-electron chi connectivity index (χ1n) is 10.9. The van der Waals surface area contributed by atoms with Crippen LogP contribution in [-0.4, -0.2) is 43.1 Å². The van der Waals surface area contributed by atoms with Crippen molar-refractivity contribution < 1.29 is 22.0 Å². The van der Waals surface area contributed by atoms with Gasteiger partial charge in [-0.2, -0.15) is 28.1 Å². The van der Waals surface area contributed by atoms with Crippen LogP contribution < -0.4 is 10.6 Å². The maximum atomic E-state index is 13.9. The van der Waals surface area contributed by atoms with Crippen LogP contribution in [0.2, 0.25) is 0 Å². The number of benzene rings is 1. The lowest BCUT2D eigenvalue weighted by molar-refractivity contribution is -0.138. The summed E-state index contributed by atoms with van der Waals surface area (Å²) in [5, 5.41) is 8.40. The predicted octanol–water partition coefficient (Wildman–Crippen LogP) is 4.17. The van der Waals surface area contributed by atoms with Gasteiger partial charge in [-0.3, -0.25) is 9.25 Å². The summed E-state index contributed by atoms with van der Waals surface area (Å²) in [6, 6.07) is 2.37. The molecule has 0 unspecified atom stereocenters.